The van der Waals surface area contributed by atoms with E-state index in [1.807, 2.05) is 45.0 Å². The van der Waals surface area contributed by atoms with Crippen molar-refractivity contribution in [2.24, 2.45) is 5.92 Å². The van der Waals surface area contributed by atoms with E-state index in [4.69, 9.17) is 0 Å². The van der Waals surface area contributed by atoms with Crippen LogP contribution in [0.3, 0.4) is 0 Å². The molecule has 3 rings (SSSR count). The predicted octanol–water partition coefficient (Wildman–Crippen LogP) is 4.07. The fraction of sp³-hybridized carbons (Fsp3) is 0.455. The van der Waals surface area contributed by atoms with Crippen molar-refractivity contribution < 1.29 is 13.2 Å². The van der Waals surface area contributed by atoms with E-state index in [1.54, 1.807) is 12.1 Å². The quantitative estimate of drug-likeness (QED) is 0.528. The van der Waals surface area contributed by atoms with Crippen molar-refractivity contribution in [3.63, 3.8) is 0 Å². The lowest BCUT2D eigenvalue weighted by molar-refractivity contribution is -0.117. The summed E-state index contributed by atoms with van der Waals surface area (Å²) >= 11 is 0. The first-order chi connectivity index (χ1) is 14.3. The van der Waals surface area contributed by atoms with Gasteiger partial charge in [-0.25, -0.2) is 18.1 Å². The molecule has 1 aromatic carbocycles. The second kappa shape index (κ2) is 9.57. The SMILES string of the molecule is CCCC(C)NS(=O)(=O)c1ccc(NC(C)c2ccc(NC(=O)C3CC3)cc2)nc1. The molecule has 1 aliphatic carbocycles. The number of nitrogens with one attached hydrogen (secondary N) is 3. The molecule has 2 aromatic rings. The summed E-state index contributed by atoms with van der Waals surface area (Å²) in [5.74, 6) is 0.856. The van der Waals surface area contributed by atoms with Crippen LogP contribution in [0.1, 0.15) is 58.1 Å². The van der Waals surface area contributed by atoms with Gasteiger partial charge in [0.1, 0.15) is 10.7 Å². The Morgan fingerprint density at radius 2 is 1.83 bits per heavy atom. The molecule has 0 aliphatic heterocycles. The lowest BCUT2D eigenvalue weighted by Gasteiger charge is -2.16. The molecule has 2 atom stereocenters. The maximum atomic E-state index is 12.4. The third-order valence-corrected chi connectivity index (χ3v) is 6.69. The number of carbonyl (C=O) groups is 1. The maximum Gasteiger partial charge on any atom is 0.242 e. The standard InChI is InChI=1S/C22H30N4O3S/c1-4-5-15(2)26-30(28,29)20-12-13-21(23-14-20)24-16(3)17-8-10-19(11-9-17)25-22(27)18-6-7-18/h8-16,18,26H,4-7H2,1-3H3,(H,23,24)(H,25,27). The molecule has 8 heteroatoms. The van der Waals surface area contributed by atoms with Crippen LogP contribution >= 0.6 is 0 Å². The minimum absolute atomic E-state index is 0.0316. The van der Waals surface area contributed by atoms with Gasteiger partial charge in [-0.3, -0.25) is 4.79 Å². The second-order valence-electron chi connectivity index (χ2n) is 7.94. The first-order valence-corrected chi connectivity index (χ1v) is 11.9. The summed E-state index contributed by atoms with van der Waals surface area (Å²) < 4.78 is 27.5. The molecule has 1 aromatic heterocycles. The zero-order chi connectivity index (χ0) is 21.7. The number of benzene rings is 1. The maximum absolute atomic E-state index is 12.4. The molecule has 1 fully saturated rings. The molecule has 0 saturated heterocycles. The molecular formula is C22H30N4O3S. The van der Waals surface area contributed by atoms with E-state index in [1.165, 1.54) is 6.20 Å². The lowest BCUT2D eigenvalue weighted by atomic mass is 10.1. The van der Waals surface area contributed by atoms with Gasteiger partial charge < -0.3 is 10.6 Å². The van der Waals surface area contributed by atoms with Crippen LogP contribution in [0.25, 0.3) is 0 Å². The van der Waals surface area contributed by atoms with Crippen molar-refractivity contribution in [2.45, 2.75) is 63.4 Å². The normalized spacial score (nSPS) is 16.0. The van der Waals surface area contributed by atoms with Crippen molar-refractivity contribution in [3.8, 4) is 0 Å². The van der Waals surface area contributed by atoms with Crippen LogP contribution in [0.4, 0.5) is 11.5 Å². The zero-order valence-electron chi connectivity index (χ0n) is 17.7. The van der Waals surface area contributed by atoms with E-state index in [0.29, 0.717) is 5.82 Å². The molecule has 3 N–H and O–H groups in total. The second-order valence-corrected chi connectivity index (χ2v) is 9.66. The van der Waals surface area contributed by atoms with Crippen molar-refractivity contribution in [1.29, 1.82) is 0 Å². The van der Waals surface area contributed by atoms with Crippen LogP contribution in [-0.2, 0) is 14.8 Å². The van der Waals surface area contributed by atoms with Crippen LogP contribution in [0.15, 0.2) is 47.5 Å². The topological polar surface area (TPSA) is 100 Å². The van der Waals surface area contributed by atoms with Gasteiger partial charge in [0.05, 0.1) is 0 Å². The molecule has 1 saturated carbocycles. The number of rotatable bonds is 10. The first-order valence-electron chi connectivity index (χ1n) is 10.4. The first kappa shape index (κ1) is 22.2. The van der Waals surface area contributed by atoms with Crippen LogP contribution in [-0.4, -0.2) is 25.4 Å². The number of hydrogen-bond donors (Lipinski definition) is 3. The lowest BCUT2D eigenvalue weighted by Crippen LogP contribution is -2.32. The van der Waals surface area contributed by atoms with Gasteiger partial charge in [0.2, 0.25) is 15.9 Å². The Bertz CT molecular complexity index is 955. The van der Waals surface area contributed by atoms with Gasteiger partial charge in [-0.1, -0.05) is 25.5 Å². The van der Waals surface area contributed by atoms with E-state index in [2.05, 4.69) is 20.3 Å². The Balaban J connectivity index is 1.58. The van der Waals surface area contributed by atoms with Crippen molar-refractivity contribution in [1.82, 2.24) is 9.71 Å². The molecule has 1 amide bonds. The largest absolute Gasteiger partial charge is 0.364 e. The van der Waals surface area contributed by atoms with Crippen LogP contribution in [0.2, 0.25) is 0 Å². The molecule has 30 heavy (non-hydrogen) atoms. The third kappa shape index (κ3) is 6.03. The highest BCUT2D eigenvalue weighted by atomic mass is 32.2. The monoisotopic (exact) mass is 430 g/mol. The summed E-state index contributed by atoms with van der Waals surface area (Å²) in [7, 11) is -3.57. The van der Waals surface area contributed by atoms with Gasteiger partial charge >= 0.3 is 0 Å². The molecule has 1 aliphatic rings. The summed E-state index contributed by atoms with van der Waals surface area (Å²) in [6, 6.07) is 10.8. The van der Waals surface area contributed by atoms with Gasteiger partial charge in [0, 0.05) is 29.9 Å². The van der Waals surface area contributed by atoms with Crippen LogP contribution in [0, 0.1) is 5.92 Å². The van der Waals surface area contributed by atoms with Crippen LogP contribution < -0.4 is 15.4 Å². The molecular weight excluding hydrogens is 400 g/mol. The Morgan fingerprint density at radius 1 is 1.13 bits per heavy atom. The number of anilines is 2. The number of pyridine rings is 1. The van der Waals surface area contributed by atoms with E-state index in [9.17, 15) is 13.2 Å². The van der Waals surface area contributed by atoms with Gasteiger partial charge in [-0.05, 0) is 62.9 Å². The fourth-order valence-electron chi connectivity index (χ4n) is 3.20. The van der Waals surface area contributed by atoms with Gasteiger partial charge in [-0.2, -0.15) is 0 Å². The van der Waals surface area contributed by atoms with E-state index >= 15 is 0 Å². The number of nitrogens with zero attached hydrogens (tertiary/aromatic N) is 1. The predicted molar refractivity (Wildman–Crippen MR) is 119 cm³/mol. The number of hydrogen-bond acceptors (Lipinski definition) is 5. The Labute approximate surface area is 178 Å². The van der Waals surface area contributed by atoms with Gasteiger partial charge in [0.15, 0.2) is 0 Å². The smallest absolute Gasteiger partial charge is 0.242 e. The highest BCUT2D eigenvalue weighted by molar-refractivity contribution is 7.89. The molecule has 0 radical (unpaired) electrons. The summed E-state index contributed by atoms with van der Waals surface area (Å²) in [5.41, 5.74) is 1.83. The van der Waals surface area contributed by atoms with Gasteiger partial charge in [0.25, 0.3) is 0 Å². The zero-order valence-corrected chi connectivity index (χ0v) is 18.5. The number of aromatic nitrogens is 1. The molecule has 1 heterocycles. The minimum Gasteiger partial charge on any atom is -0.364 e. The summed E-state index contributed by atoms with van der Waals surface area (Å²) in [6.45, 7) is 5.87. The Kier molecular flexibility index (Phi) is 7.10. The molecule has 7 nitrogen and oxygen atoms in total. The molecule has 0 spiro atoms. The Morgan fingerprint density at radius 3 is 2.40 bits per heavy atom. The number of amides is 1. The molecule has 2 unspecified atom stereocenters. The minimum atomic E-state index is -3.57. The molecule has 0 bridgehead atoms. The van der Waals surface area contributed by atoms with E-state index < -0.39 is 10.0 Å². The number of carbonyl (C=O) groups excluding carboxylic acids is 1. The van der Waals surface area contributed by atoms with Gasteiger partial charge in [-0.15, -0.1) is 0 Å². The average Bonchev–Trinajstić information content (AvgIpc) is 3.54. The van der Waals surface area contributed by atoms with Crippen molar-refractivity contribution >= 4 is 27.4 Å². The summed E-state index contributed by atoms with van der Waals surface area (Å²) in [5, 5.41) is 6.20. The third-order valence-electron chi connectivity index (χ3n) is 5.12. The average molecular weight is 431 g/mol. The van der Waals surface area contributed by atoms with Crippen LogP contribution in [0.5, 0.6) is 0 Å². The Hall–Kier alpha value is -2.45. The summed E-state index contributed by atoms with van der Waals surface area (Å²) in [4.78, 5) is 16.3. The van der Waals surface area contributed by atoms with Crippen molar-refractivity contribution in [3.05, 3.63) is 48.2 Å². The van der Waals surface area contributed by atoms with E-state index in [-0.39, 0.29) is 28.8 Å². The highest BCUT2D eigenvalue weighted by Gasteiger charge is 2.29. The van der Waals surface area contributed by atoms with Crippen molar-refractivity contribution in [2.75, 3.05) is 10.6 Å². The van der Waals surface area contributed by atoms with E-state index in [0.717, 1.165) is 36.9 Å². The molecule has 162 valence electrons. The number of sulfonamides is 1. The highest BCUT2D eigenvalue weighted by Crippen LogP contribution is 2.30. The summed E-state index contributed by atoms with van der Waals surface area (Å²) in [6.07, 6.45) is 5.02. The fourth-order valence-corrected chi connectivity index (χ4v) is 4.42.